The second-order valence-electron chi connectivity index (χ2n) is 4.66. The Kier molecular flexibility index (Phi) is 2.58. The van der Waals surface area contributed by atoms with Crippen LogP contribution >= 0.6 is 0 Å². The molecule has 1 atom stereocenters. The van der Waals surface area contributed by atoms with Gasteiger partial charge in [-0.2, -0.15) is 0 Å². The van der Waals surface area contributed by atoms with Gasteiger partial charge in [-0.3, -0.25) is 5.32 Å². The van der Waals surface area contributed by atoms with Gasteiger partial charge in [-0.1, -0.05) is 5.92 Å². The van der Waals surface area contributed by atoms with Gasteiger partial charge in [0, 0.05) is 18.0 Å². The molecule has 0 fully saturated rings. The molecule has 80 valence electrons. The van der Waals surface area contributed by atoms with Crippen molar-refractivity contribution >= 4 is 0 Å². The maximum atomic E-state index is 5.48. The Morgan fingerprint density at radius 3 is 3.13 bits per heavy atom. The highest BCUT2D eigenvalue weighted by Crippen LogP contribution is 2.31. The minimum Gasteiger partial charge on any atom is -0.469 e. The summed E-state index contributed by atoms with van der Waals surface area (Å²) < 4.78 is 5.44. The average Bonchev–Trinajstić information content (AvgIpc) is 2.66. The van der Waals surface area contributed by atoms with Crippen LogP contribution in [0.25, 0.3) is 0 Å². The summed E-state index contributed by atoms with van der Waals surface area (Å²) in [4.78, 5) is 0. The second kappa shape index (κ2) is 3.75. The van der Waals surface area contributed by atoms with Gasteiger partial charge in [-0.25, -0.2) is 0 Å². The number of hydrogen-bond acceptors (Lipinski definition) is 2. The SMILES string of the molecule is C#CC(C)(C)NC1CCCc2occc21. The van der Waals surface area contributed by atoms with Crippen LogP contribution in [0.1, 0.15) is 44.1 Å². The molecular formula is C13H17NO. The first-order valence-electron chi connectivity index (χ1n) is 5.44. The molecule has 0 aliphatic heterocycles. The predicted octanol–water partition coefficient (Wildman–Crippen LogP) is 2.66. The Morgan fingerprint density at radius 2 is 2.40 bits per heavy atom. The van der Waals surface area contributed by atoms with Gasteiger partial charge in [0.25, 0.3) is 0 Å². The average molecular weight is 203 g/mol. The molecule has 1 aliphatic carbocycles. The van der Waals surface area contributed by atoms with Crippen molar-refractivity contribution in [2.24, 2.45) is 0 Å². The first kappa shape index (κ1) is 10.3. The van der Waals surface area contributed by atoms with Crippen molar-refractivity contribution in [2.75, 3.05) is 0 Å². The van der Waals surface area contributed by atoms with Crippen LogP contribution in [0.5, 0.6) is 0 Å². The number of terminal acetylenes is 1. The summed E-state index contributed by atoms with van der Waals surface area (Å²) in [6.07, 6.45) is 10.6. The van der Waals surface area contributed by atoms with Crippen molar-refractivity contribution in [1.82, 2.24) is 5.32 Å². The van der Waals surface area contributed by atoms with Crippen molar-refractivity contribution in [1.29, 1.82) is 0 Å². The molecular weight excluding hydrogens is 186 g/mol. The summed E-state index contributed by atoms with van der Waals surface area (Å²) in [5.41, 5.74) is 1.03. The van der Waals surface area contributed by atoms with Gasteiger partial charge in [0.2, 0.25) is 0 Å². The molecule has 0 saturated carbocycles. The van der Waals surface area contributed by atoms with E-state index in [1.165, 1.54) is 12.0 Å². The third-order valence-corrected chi connectivity index (χ3v) is 2.95. The van der Waals surface area contributed by atoms with E-state index in [4.69, 9.17) is 10.8 Å². The maximum absolute atomic E-state index is 5.48. The van der Waals surface area contributed by atoms with E-state index in [0.29, 0.717) is 6.04 Å². The highest BCUT2D eigenvalue weighted by Gasteiger charge is 2.26. The molecule has 0 amide bonds. The maximum Gasteiger partial charge on any atom is 0.108 e. The number of furan rings is 1. The van der Waals surface area contributed by atoms with E-state index in [0.717, 1.165) is 18.6 Å². The number of hydrogen-bond donors (Lipinski definition) is 1. The minimum absolute atomic E-state index is 0.253. The number of nitrogens with one attached hydrogen (secondary N) is 1. The smallest absolute Gasteiger partial charge is 0.108 e. The Hall–Kier alpha value is -1.20. The van der Waals surface area contributed by atoms with Gasteiger partial charge in [0.15, 0.2) is 0 Å². The largest absolute Gasteiger partial charge is 0.469 e. The summed E-state index contributed by atoms with van der Waals surface area (Å²) in [5.74, 6) is 3.89. The molecule has 0 bridgehead atoms. The molecule has 2 nitrogen and oxygen atoms in total. The molecule has 1 N–H and O–H groups in total. The Labute approximate surface area is 91.1 Å². The van der Waals surface area contributed by atoms with Gasteiger partial charge in [-0.15, -0.1) is 6.42 Å². The molecule has 2 rings (SSSR count). The molecule has 0 aromatic carbocycles. The predicted molar refractivity (Wildman–Crippen MR) is 60.4 cm³/mol. The Balaban J connectivity index is 2.17. The van der Waals surface area contributed by atoms with Crippen LogP contribution in [0, 0.1) is 12.3 Å². The third-order valence-electron chi connectivity index (χ3n) is 2.95. The van der Waals surface area contributed by atoms with E-state index in [2.05, 4.69) is 17.3 Å². The van der Waals surface area contributed by atoms with Crippen LogP contribution in [0.3, 0.4) is 0 Å². The molecule has 15 heavy (non-hydrogen) atoms. The number of aryl methyl sites for hydroxylation is 1. The lowest BCUT2D eigenvalue weighted by Crippen LogP contribution is -2.41. The molecule has 1 heterocycles. The van der Waals surface area contributed by atoms with Crippen molar-refractivity contribution in [3.63, 3.8) is 0 Å². The van der Waals surface area contributed by atoms with Crippen LogP contribution < -0.4 is 5.32 Å². The molecule has 0 radical (unpaired) electrons. The Morgan fingerprint density at radius 1 is 1.60 bits per heavy atom. The molecule has 0 spiro atoms. The number of rotatable bonds is 2. The topological polar surface area (TPSA) is 25.2 Å². The van der Waals surface area contributed by atoms with E-state index in [1.54, 1.807) is 6.26 Å². The van der Waals surface area contributed by atoms with E-state index in [1.807, 2.05) is 13.8 Å². The van der Waals surface area contributed by atoms with Crippen LogP contribution in [-0.2, 0) is 6.42 Å². The molecule has 2 heteroatoms. The van der Waals surface area contributed by atoms with Crippen LogP contribution in [-0.4, -0.2) is 5.54 Å². The summed E-state index contributed by atoms with van der Waals surface area (Å²) in [6.45, 7) is 4.06. The lowest BCUT2D eigenvalue weighted by molar-refractivity contribution is 0.357. The van der Waals surface area contributed by atoms with Gasteiger partial charge < -0.3 is 4.42 Å². The first-order valence-corrected chi connectivity index (χ1v) is 5.44. The van der Waals surface area contributed by atoms with E-state index >= 15 is 0 Å². The fraction of sp³-hybridized carbons (Fsp3) is 0.538. The zero-order valence-electron chi connectivity index (χ0n) is 9.34. The summed E-state index contributed by atoms with van der Waals surface area (Å²) in [7, 11) is 0. The van der Waals surface area contributed by atoms with Crippen LogP contribution in [0.2, 0.25) is 0 Å². The number of fused-ring (bicyclic) bond motifs is 1. The highest BCUT2D eigenvalue weighted by molar-refractivity contribution is 5.25. The van der Waals surface area contributed by atoms with Crippen LogP contribution in [0.15, 0.2) is 16.7 Å². The van der Waals surface area contributed by atoms with Crippen LogP contribution in [0.4, 0.5) is 0 Å². The Bertz CT molecular complexity index is 383. The fourth-order valence-electron chi connectivity index (χ4n) is 2.11. The molecule has 0 saturated heterocycles. The summed E-state index contributed by atoms with van der Waals surface area (Å²) in [5, 5.41) is 3.49. The third kappa shape index (κ3) is 2.08. The van der Waals surface area contributed by atoms with Gasteiger partial charge in [0.05, 0.1) is 11.8 Å². The van der Waals surface area contributed by atoms with Crippen molar-refractivity contribution in [3.05, 3.63) is 23.7 Å². The van der Waals surface area contributed by atoms with Crippen molar-refractivity contribution in [3.8, 4) is 12.3 Å². The fourth-order valence-corrected chi connectivity index (χ4v) is 2.11. The second-order valence-corrected chi connectivity index (χ2v) is 4.66. The van der Waals surface area contributed by atoms with E-state index < -0.39 is 0 Å². The zero-order valence-corrected chi connectivity index (χ0v) is 9.34. The van der Waals surface area contributed by atoms with Gasteiger partial charge in [-0.05, 0) is 32.8 Å². The van der Waals surface area contributed by atoms with Gasteiger partial charge >= 0.3 is 0 Å². The lowest BCUT2D eigenvalue weighted by atomic mass is 9.91. The van der Waals surface area contributed by atoms with Crippen molar-refractivity contribution < 1.29 is 4.42 Å². The lowest BCUT2D eigenvalue weighted by Gasteiger charge is -2.30. The molecule has 1 unspecified atom stereocenters. The standard InChI is InChI=1S/C13H17NO/c1-4-13(2,3)14-11-6-5-7-12-10(11)8-9-15-12/h1,8-9,11,14H,5-7H2,2-3H3. The first-order chi connectivity index (χ1) is 7.12. The summed E-state index contributed by atoms with van der Waals surface area (Å²) in [6, 6.07) is 2.40. The summed E-state index contributed by atoms with van der Waals surface area (Å²) >= 11 is 0. The monoisotopic (exact) mass is 203 g/mol. The molecule has 1 aromatic heterocycles. The molecule has 1 aliphatic rings. The zero-order chi connectivity index (χ0) is 10.9. The normalized spacial score (nSPS) is 20.7. The molecule has 1 aromatic rings. The van der Waals surface area contributed by atoms with E-state index in [9.17, 15) is 0 Å². The van der Waals surface area contributed by atoms with E-state index in [-0.39, 0.29) is 5.54 Å². The highest BCUT2D eigenvalue weighted by atomic mass is 16.3. The minimum atomic E-state index is -0.253. The quantitative estimate of drug-likeness (QED) is 0.747. The van der Waals surface area contributed by atoms with Crippen molar-refractivity contribution in [2.45, 2.75) is 44.7 Å². The van der Waals surface area contributed by atoms with Gasteiger partial charge in [0.1, 0.15) is 5.76 Å².